The van der Waals surface area contributed by atoms with Gasteiger partial charge in [0.05, 0.1) is 38.0 Å². The van der Waals surface area contributed by atoms with E-state index >= 15 is 0 Å². The average Bonchev–Trinajstić information content (AvgIpc) is 3.39. The van der Waals surface area contributed by atoms with E-state index in [0.717, 1.165) is 33.8 Å². The van der Waals surface area contributed by atoms with Crippen LogP contribution in [0.2, 0.25) is 0 Å². The number of ether oxygens (including phenoxy) is 1. The van der Waals surface area contributed by atoms with Crippen molar-refractivity contribution in [1.82, 2.24) is 19.3 Å². The lowest BCUT2D eigenvalue weighted by Crippen LogP contribution is -2.05. The molecule has 2 aromatic heterocycles. The molecule has 0 saturated carbocycles. The molecule has 0 aliphatic heterocycles. The van der Waals surface area contributed by atoms with E-state index < -0.39 is 0 Å². The van der Waals surface area contributed by atoms with Gasteiger partial charge < -0.3 is 14.4 Å². The molecule has 0 radical (unpaired) electrons. The first-order chi connectivity index (χ1) is 13.8. The number of aromatic nitrogens is 4. The first-order valence-electron chi connectivity index (χ1n) is 9.16. The highest BCUT2D eigenvalue weighted by Gasteiger charge is 2.16. The molecule has 0 saturated heterocycles. The molecule has 0 amide bonds. The highest BCUT2D eigenvalue weighted by molar-refractivity contribution is 5.79. The first kappa shape index (κ1) is 18.0. The summed E-state index contributed by atoms with van der Waals surface area (Å²) in [5.41, 5.74) is 4.96. The van der Waals surface area contributed by atoms with Crippen LogP contribution >= 0.6 is 0 Å². The van der Waals surface area contributed by atoms with Gasteiger partial charge in [0.15, 0.2) is 0 Å². The largest absolute Gasteiger partial charge is 0.496 e. The predicted octanol–water partition coefficient (Wildman–Crippen LogP) is 3.46. The summed E-state index contributed by atoms with van der Waals surface area (Å²) in [5.74, 6) is 0.814. The zero-order valence-corrected chi connectivity index (χ0v) is 15.7. The number of nitrogens with zero attached hydrogens (tertiary/aromatic N) is 4. The summed E-state index contributed by atoms with van der Waals surface area (Å²) in [6, 6.07) is 18.1. The standard InChI is InChI=1S/C22H22N4O2/c1-28-20-9-8-18(14-19(20)15-26-11-5-10-24-26)22-21(17-6-3-2-4-7-17)23-16-25(22)12-13-27/h2-11,14,16,27H,12-13,15H2,1H3. The second-order valence-electron chi connectivity index (χ2n) is 6.46. The van der Waals surface area contributed by atoms with E-state index in [1.807, 2.05) is 64.0 Å². The fourth-order valence-corrected chi connectivity index (χ4v) is 3.39. The minimum atomic E-state index is 0.0495. The minimum absolute atomic E-state index is 0.0495. The zero-order chi connectivity index (χ0) is 19.3. The molecule has 0 aliphatic rings. The first-order valence-corrected chi connectivity index (χ1v) is 9.16. The van der Waals surface area contributed by atoms with Gasteiger partial charge in [-0.05, 0) is 24.3 Å². The Morgan fingerprint density at radius 2 is 1.89 bits per heavy atom. The lowest BCUT2D eigenvalue weighted by molar-refractivity contribution is 0.276. The van der Waals surface area contributed by atoms with Gasteiger partial charge in [-0.25, -0.2) is 4.98 Å². The molecular weight excluding hydrogens is 352 g/mol. The van der Waals surface area contributed by atoms with Gasteiger partial charge in [0.1, 0.15) is 5.75 Å². The summed E-state index contributed by atoms with van der Waals surface area (Å²) in [7, 11) is 1.67. The number of hydrogen-bond donors (Lipinski definition) is 1. The molecule has 28 heavy (non-hydrogen) atoms. The molecule has 0 aliphatic carbocycles. The van der Waals surface area contributed by atoms with Crippen molar-refractivity contribution in [3.63, 3.8) is 0 Å². The molecule has 0 fully saturated rings. The summed E-state index contributed by atoms with van der Waals surface area (Å²) in [6.45, 7) is 1.14. The SMILES string of the molecule is COc1ccc(-c2c(-c3ccccc3)ncn2CCO)cc1Cn1cccn1. The molecule has 2 heterocycles. The van der Waals surface area contributed by atoms with Crippen molar-refractivity contribution in [2.24, 2.45) is 0 Å². The third kappa shape index (κ3) is 3.54. The summed E-state index contributed by atoms with van der Waals surface area (Å²) < 4.78 is 9.41. The molecule has 0 unspecified atom stereocenters. The van der Waals surface area contributed by atoms with Crippen LogP contribution in [0.3, 0.4) is 0 Å². The van der Waals surface area contributed by atoms with Crippen molar-refractivity contribution >= 4 is 0 Å². The fraction of sp³-hybridized carbons (Fsp3) is 0.182. The van der Waals surface area contributed by atoms with Crippen LogP contribution in [0.25, 0.3) is 22.5 Å². The van der Waals surface area contributed by atoms with Gasteiger partial charge in [-0.3, -0.25) is 4.68 Å². The third-order valence-corrected chi connectivity index (χ3v) is 4.67. The van der Waals surface area contributed by atoms with Crippen LogP contribution in [-0.4, -0.2) is 38.2 Å². The maximum Gasteiger partial charge on any atom is 0.123 e. The van der Waals surface area contributed by atoms with Crippen molar-refractivity contribution in [1.29, 1.82) is 0 Å². The molecule has 0 atom stereocenters. The highest BCUT2D eigenvalue weighted by atomic mass is 16.5. The summed E-state index contributed by atoms with van der Waals surface area (Å²) in [6.07, 6.45) is 5.48. The van der Waals surface area contributed by atoms with Crippen molar-refractivity contribution in [2.45, 2.75) is 13.1 Å². The van der Waals surface area contributed by atoms with Crippen molar-refractivity contribution < 1.29 is 9.84 Å². The maximum atomic E-state index is 9.50. The van der Waals surface area contributed by atoms with Crippen LogP contribution < -0.4 is 4.74 Å². The van der Waals surface area contributed by atoms with Gasteiger partial charge >= 0.3 is 0 Å². The molecule has 2 aromatic carbocycles. The fourth-order valence-electron chi connectivity index (χ4n) is 3.39. The molecule has 142 valence electrons. The van der Waals surface area contributed by atoms with Gasteiger partial charge in [-0.15, -0.1) is 0 Å². The molecule has 6 nitrogen and oxygen atoms in total. The number of imidazole rings is 1. The molecule has 0 spiro atoms. The Balaban J connectivity index is 1.83. The Labute approximate surface area is 163 Å². The minimum Gasteiger partial charge on any atom is -0.496 e. The molecule has 1 N–H and O–H groups in total. The lowest BCUT2D eigenvalue weighted by atomic mass is 10.0. The van der Waals surface area contributed by atoms with Gasteiger partial charge in [0.25, 0.3) is 0 Å². The third-order valence-electron chi connectivity index (χ3n) is 4.67. The van der Waals surface area contributed by atoms with Gasteiger partial charge in [0.2, 0.25) is 0 Å². The normalized spacial score (nSPS) is 10.9. The van der Waals surface area contributed by atoms with Crippen LogP contribution in [0.1, 0.15) is 5.56 Å². The Morgan fingerprint density at radius 1 is 1.04 bits per heavy atom. The number of hydrogen-bond acceptors (Lipinski definition) is 4. The van der Waals surface area contributed by atoms with Gasteiger partial charge in [-0.1, -0.05) is 30.3 Å². The monoisotopic (exact) mass is 374 g/mol. The number of rotatable bonds is 7. The maximum absolute atomic E-state index is 9.50. The summed E-state index contributed by atoms with van der Waals surface area (Å²) >= 11 is 0. The molecule has 0 bridgehead atoms. The number of aliphatic hydroxyl groups excluding tert-OH is 1. The Morgan fingerprint density at radius 3 is 2.61 bits per heavy atom. The smallest absolute Gasteiger partial charge is 0.123 e. The van der Waals surface area contributed by atoms with Crippen LogP contribution in [0.15, 0.2) is 73.3 Å². The topological polar surface area (TPSA) is 65.1 Å². The van der Waals surface area contributed by atoms with E-state index in [1.54, 1.807) is 19.6 Å². The van der Waals surface area contributed by atoms with Crippen molar-refractivity contribution in [2.75, 3.05) is 13.7 Å². The van der Waals surface area contributed by atoms with E-state index in [4.69, 9.17) is 4.74 Å². The van der Waals surface area contributed by atoms with E-state index in [-0.39, 0.29) is 6.61 Å². The highest BCUT2D eigenvalue weighted by Crippen LogP contribution is 2.34. The van der Waals surface area contributed by atoms with E-state index in [2.05, 4.69) is 16.1 Å². The van der Waals surface area contributed by atoms with Crippen molar-refractivity contribution in [3.05, 3.63) is 78.9 Å². The Bertz CT molecular complexity index is 1040. The van der Waals surface area contributed by atoms with Gasteiger partial charge in [0, 0.05) is 35.6 Å². The molecule has 6 heteroatoms. The quantitative estimate of drug-likeness (QED) is 0.538. The van der Waals surface area contributed by atoms with Crippen LogP contribution in [0.5, 0.6) is 5.75 Å². The van der Waals surface area contributed by atoms with Crippen LogP contribution in [0, 0.1) is 0 Å². The van der Waals surface area contributed by atoms with E-state index in [1.165, 1.54) is 0 Å². The molecule has 4 rings (SSSR count). The summed E-state index contributed by atoms with van der Waals surface area (Å²) in [4.78, 5) is 4.63. The molecular formula is C22H22N4O2. The Hall–Kier alpha value is -3.38. The number of benzene rings is 2. The lowest BCUT2D eigenvalue weighted by Gasteiger charge is -2.14. The molecule has 4 aromatic rings. The number of methoxy groups -OCH3 is 1. The van der Waals surface area contributed by atoms with E-state index in [9.17, 15) is 5.11 Å². The van der Waals surface area contributed by atoms with Crippen LogP contribution in [0.4, 0.5) is 0 Å². The second-order valence-corrected chi connectivity index (χ2v) is 6.46. The van der Waals surface area contributed by atoms with E-state index in [0.29, 0.717) is 13.1 Å². The van der Waals surface area contributed by atoms with Crippen LogP contribution in [-0.2, 0) is 13.1 Å². The second kappa shape index (κ2) is 8.10. The number of aliphatic hydroxyl groups is 1. The zero-order valence-electron chi connectivity index (χ0n) is 15.7. The Kier molecular flexibility index (Phi) is 5.21. The predicted molar refractivity (Wildman–Crippen MR) is 108 cm³/mol. The van der Waals surface area contributed by atoms with Gasteiger partial charge in [-0.2, -0.15) is 5.10 Å². The average molecular weight is 374 g/mol. The summed E-state index contributed by atoms with van der Waals surface area (Å²) in [5, 5.41) is 13.8. The van der Waals surface area contributed by atoms with Crippen molar-refractivity contribution in [3.8, 4) is 28.3 Å².